The third-order valence-electron chi connectivity index (χ3n) is 6.43. The van der Waals surface area contributed by atoms with Crippen LogP contribution in [0.15, 0.2) is 24.3 Å². The Morgan fingerprint density at radius 3 is 2.60 bits per heavy atom. The molecular weight excluding hydrogens is 506 g/mol. The number of aryl methyl sites for hydroxylation is 1. The third kappa shape index (κ3) is 4.93. The molecule has 0 radical (unpaired) electrons. The number of anilines is 1. The van der Waals surface area contributed by atoms with Gasteiger partial charge >= 0.3 is 24.8 Å². The van der Waals surface area contributed by atoms with Gasteiger partial charge in [0.05, 0.1) is 22.8 Å². The molecule has 8 nitrogen and oxygen atoms in total. The molecule has 1 aromatic carbocycles. The number of carboxylic acids is 1. The quantitative estimate of drug-likeness (QED) is 0.404. The van der Waals surface area contributed by atoms with E-state index in [1.807, 2.05) is 24.3 Å². The van der Waals surface area contributed by atoms with Crippen LogP contribution in [0, 0.1) is 18.8 Å². The molecule has 2 aromatic heterocycles. The van der Waals surface area contributed by atoms with Gasteiger partial charge in [-0.3, -0.25) is 4.79 Å². The average molecular weight is 529 g/mol. The predicted octanol–water partition coefficient (Wildman–Crippen LogP) is 3.60. The second-order valence-electron chi connectivity index (χ2n) is 8.59. The summed E-state index contributed by atoms with van der Waals surface area (Å²) in [6.45, 7) is 3.18. The molecule has 3 aromatic rings. The number of methoxy groups -OCH3 is 1. The fraction of sp³-hybridized carbons (Fsp3) is 0.348. The number of piperidine rings is 1. The number of rotatable bonds is 7. The molecule has 1 saturated heterocycles. The zero-order valence-corrected chi connectivity index (χ0v) is 20.7. The van der Waals surface area contributed by atoms with Crippen molar-refractivity contribution < 1.29 is 19.4 Å². The van der Waals surface area contributed by atoms with E-state index in [2.05, 4.69) is 20.2 Å². The molecule has 1 aliphatic carbocycles. The summed E-state index contributed by atoms with van der Waals surface area (Å²) in [6.07, 6.45) is 0.410. The number of carbonyl (C=O) groups is 2. The van der Waals surface area contributed by atoms with Gasteiger partial charge in [-0.05, 0) is 24.6 Å². The Hall–Kier alpha value is -2.15. The number of amides is 1. The fourth-order valence-electron chi connectivity index (χ4n) is 4.59. The van der Waals surface area contributed by atoms with Crippen LogP contribution in [0.5, 0.6) is 5.75 Å². The number of nitrogens with one attached hydrogen (secondary N) is 2. The van der Waals surface area contributed by atoms with Crippen molar-refractivity contribution >= 4 is 70.4 Å². The van der Waals surface area contributed by atoms with Gasteiger partial charge in [0.2, 0.25) is 0 Å². The van der Waals surface area contributed by atoms with Gasteiger partial charge in [-0.1, -0.05) is 46.7 Å². The number of H-pyrrole nitrogens is 1. The molecule has 5 rings (SSSR count). The molecule has 1 saturated carbocycles. The molecule has 12 heteroatoms. The first-order valence-corrected chi connectivity index (χ1v) is 12.3. The molecule has 1 unspecified atom stereocenters. The Labute approximate surface area is 228 Å². The zero-order chi connectivity index (χ0) is 24.1. The zero-order valence-electron chi connectivity index (χ0n) is 18.4. The number of aromatic amines is 1. The summed E-state index contributed by atoms with van der Waals surface area (Å²) in [5.74, 6) is 0.0408. The number of carboxylic acid groups (broad SMARTS) is 1. The second-order valence-corrected chi connectivity index (χ2v) is 10.3. The first kappa shape index (κ1) is 25.9. The van der Waals surface area contributed by atoms with E-state index in [0.29, 0.717) is 41.1 Å². The van der Waals surface area contributed by atoms with Crippen molar-refractivity contribution in [3.05, 3.63) is 61.8 Å². The van der Waals surface area contributed by atoms with Crippen molar-refractivity contribution in [2.75, 3.05) is 25.1 Å². The first-order valence-electron chi connectivity index (χ1n) is 10.7. The number of thiazole rings is 1. The van der Waals surface area contributed by atoms with Gasteiger partial charge in [0.15, 0.2) is 5.13 Å². The number of aromatic nitrogens is 2. The molecule has 3 N–H and O–H groups in total. The van der Waals surface area contributed by atoms with Gasteiger partial charge in [-0.2, -0.15) is 0 Å². The molecule has 0 bridgehead atoms. The van der Waals surface area contributed by atoms with Gasteiger partial charge in [0.1, 0.15) is 16.3 Å². The van der Waals surface area contributed by atoms with Crippen LogP contribution in [0.1, 0.15) is 37.1 Å². The van der Waals surface area contributed by atoms with Gasteiger partial charge in [0.25, 0.3) is 5.91 Å². The summed E-state index contributed by atoms with van der Waals surface area (Å²) in [5.41, 5.74) is 2.41. The van der Waals surface area contributed by atoms with Crippen LogP contribution in [0.2, 0.25) is 10.0 Å². The van der Waals surface area contributed by atoms with Crippen LogP contribution in [0.25, 0.3) is 0 Å². The van der Waals surface area contributed by atoms with Crippen LogP contribution in [0.4, 0.5) is 5.13 Å². The standard InChI is InChI=1S/C23H22Cl2N4O4S.Li.H/c1-10-16(24)17(25)19(26-10)21(30)28-18-13-8-29(9-14(13)18)23-27-15(20(34-23)22(31)32)7-11-4-3-5-12(6-11)33-2;;/h3-6,13-14,18,26H,7-9H2,1-2H3,(H,28,30)(H,31,32);;/t13-,14+,18?;;. The summed E-state index contributed by atoms with van der Waals surface area (Å²) < 4.78 is 5.26. The van der Waals surface area contributed by atoms with Gasteiger partial charge < -0.3 is 25.0 Å². The van der Waals surface area contributed by atoms with E-state index < -0.39 is 5.97 Å². The summed E-state index contributed by atoms with van der Waals surface area (Å²) in [6, 6.07) is 7.58. The molecule has 3 atom stereocenters. The summed E-state index contributed by atoms with van der Waals surface area (Å²) in [5, 5.41) is 14.0. The van der Waals surface area contributed by atoms with Crippen molar-refractivity contribution in [1.82, 2.24) is 15.3 Å². The third-order valence-corrected chi connectivity index (χ3v) is 8.52. The minimum absolute atomic E-state index is 0. The molecule has 180 valence electrons. The summed E-state index contributed by atoms with van der Waals surface area (Å²) in [4.78, 5) is 34.4. The molecule has 2 aliphatic rings. The van der Waals surface area contributed by atoms with Gasteiger partial charge in [-0.15, -0.1) is 0 Å². The van der Waals surface area contributed by atoms with Crippen molar-refractivity contribution in [1.29, 1.82) is 0 Å². The van der Waals surface area contributed by atoms with E-state index in [-0.39, 0.29) is 58.2 Å². The Bertz CT molecular complexity index is 1280. The SMILES string of the molecule is COc1cccc(Cc2nc(N3C[C@@H]4C(NC(=O)c5[nH]c(C)c(Cl)c5Cl)[C@@H]4C3)sc2C(=O)O)c1.[LiH]. The van der Waals surface area contributed by atoms with Crippen LogP contribution < -0.4 is 15.0 Å². The first-order chi connectivity index (χ1) is 16.3. The monoisotopic (exact) mass is 528 g/mol. The number of fused-ring (bicyclic) bond motifs is 1. The maximum absolute atomic E-state index is 12.6. The summed E-state index contributed by atoms with van der Waals surface area (Å²) in [7, 11) is 1.60. The number of hydrogen-bond donors (Lipinski definition) is 3. The number of nitrogens with zero attached hydrogens (tertiary/aromatic N) is 2. The Morgan fingerprint density at radius 2 is 2.00 bits per heavy atom. The number of benzene rings is 1. The van der Waals surface area contributed by atoms with Gasteiger partial charge in [0, 0.05) is 43.1 Å². The van der Waals surface area contributed by atoms with E-state index in [1.165, 1.54) is 11.3 Å². The Balaban J connectivity index is 0.00000289. The molecule has 2 fully saturated rings. The molecule has 3 heterocycles. The van der Waals surface area contributed by atoms with Gasteiger partial charge in [-0.25, -0.2) is 9.78 Å². The number of ether oxygens (including phenoxy) is 1. The topological polar surface area (TPSA) is 108 Å². The van der Waals surface area contributed by atoms with E-state index in [9.17, 15) is 14.7 Å². The number of hydrogen-bond acceptors (Lipinski definition) is 6. The number of carbonyl (C=O) groups excluding carboxylic acids is 1. The Morgan fingerprint density at radius 1 is 1.29 bits per heavy atom. The van der Waals surface area contributed by atoms with Crippen LogP contribution in [-0.4, -0.2) is 72.1 Å². The van der Waals surface area contributed by atoms with Crippen LogP contribution in [-0.2, 0) is 6.42 Å². The minimum atomic E-state index is -0.979. The van der Waals surface area contributed by atoms with E-state index in [0.717, 1.165) is 11.3 Å². The van der Waals surface area contributed by atoms with E-state index >= 15 is 0 Å². The number of aromatic carboxylic acids is 1. The van der Waals surface area contributed by atoms with Crippen molar-refractivity contribution in [3.8, 4) is 5.75 Å². The predicted molar refractivity (Wildman–Crippen MR) is 138 cm³/mol. The molecule has 35 heavy (non-hydrogen) atoms. The molecule has 0 spiro atoms. The van der Waals surface area contributed by atoms with Crippen LogP contribution in [0.3, 0.4) is 0 Å². The normalized spacial score (nSPS) is 20.2. The van der Waals surface area contributed by atoms with Crippen molar-refractivity contribution in [3.63, 3.8) is 0 Å². The van der Waals surface area contributed by atoms with E-state index in [4.69, 9.17) is 27.9 Å². The van der Waals surface area contributed by atoms with Crippen LogP contribution >= 0.6 is 34.5 Å². The average Bonchev–Trinajstić information content (AvgIpc) is 3.18. The Kier molecular flexibility index (Phi) is 7.46. The van der Waals surface area contributed by atoms with E-state index in [1.54, 1.807) is 14.0 Å². The molecule has 1 aliphatic heterocycles. The number of halogens is 2. The van der Waals surface area contributed by atoms with Crippen molar-refractivity contribution in [2.24, 2.45) is 11.8 Å². The summed E-state index contributed by atoms with van der Waals surface area (Å²) >= 11 is 13.4. The molecule has 1 amide bonds. The fourth-order valence-corrected chi connectivity index (χ4v) is 5.94. The second kappa shape index (κ2) is 10.1. The maximum atomic E-state index is 12.6. The molecular formula is C23H23Cl2LiN4O4S. The van der Waals surface area contributed by atoms with Crippen molar-refractivity contribution in [2.45, 2.75) is 19.4 Å².